The van der Waals surface area contributed by atoms with E-state index in [2.05, 4.69) is 73.7 Å². The maximum atomic E-state index is 4.15. The van der Waals surface area contributed by atoms with Crippen LogP contribution in [-0.2, 0) is 6.54 Å². The van der Waals surface area contributed by atoms with Gasteiger partial charge in [-0.15, -0.1) is 5.10 Å². The molecule has 1 aromatic heterocycles. The van der Waals surface area contributed by atoms with E-state index >= 15 is 0 Å². The quantitative estimate of drug-likeness (QED) is 0.930. The van der Waals surface area contributed by atoms with E-state index in [9.17, 15) is 0 Å². The number of hydrogen-bond donors (Lipinski definition) is 1. The lowest BCUT2D eigenvalue weighted by Gasteiger charge is -2.21. The molecule has 2 rings (SSSR count). The highest BCUT2D eigenvalue weighted by Crippen LogP contribution is 2.21. The van der Waals surface area contributed by atoms with Crippen molar-refractivity contribution in [1.29, 1.82) is 0 Å². The summed E-state index contributed by atoms with van der Waals surface area (Å²) in [5.74, 6) is 0.857. The summed E-state index contributed by atoms with van der Waals surface area (Å²) >= 11 is 0. The van der Waals surface area contributed by atoms with Crippen LogP contribution in [0.25, 0.3) is 0 Å². The van der Waals surface area contributed by atoms with E-state index in [-0.39, 0.29) is 11.6 Å². The molecule has 0 radical (unpaired) electrons. The molecule has 2 aromatic rings. The molecule has 1 aromatic carbocycles. The van der Waals surface area contributed by atoms with Gasteiger partial charge in [-0.1, -0.05) is 24.3 Å². The minimum absolute atomic E-state index is 0.0443. The second-order valence-electron chi connectivity index (χ2n) is 6.18. The molecule has 108 valence electrons. The monoisotopic (exact) mass is 273 g/mol. The lowest BCUT2D eigenvalue weighted by molar-refractivity contribution is 0.403. The molecule has 0 fully saturated rings. The number of hydrogen-bond acceptors (Lipinski definition) is 4. The minimum Gasteiger partial charge on any atom is -0.305 e. The molecule has 0 amide bonds. The zero-order valence-corrected chi connectivity index (χ0v) is 12.9. The number of benzene rings is 1. The second kappa shape index (κ2) is 5.71. The molecule has 0 aliphatic carbocycles. The van der Waals surface area contributed by atoms with Crippen molar-refractivity contribution >= 4 is 0 Å². The fourth-order valence-corrected chi connectivity index (χ4v) is 2.16. The van der Waals surface area contributed by atoms with E-state index in [0.29, 0.717) is 6.54 Å². The van der Waals surface area contributed by atoms with Crippen molar-refractivity contribution in [2.45, 2.75) is 52.7 Å². The first-order valence-electron chi connectivity index (χ1n) is 6.96. The Morgan fingerprint density at radius 2 is 1.95 bits per heavy atom. The molecule has 0 saturated heterocycles. The molecule has 1 N–H and O–H groups in total. The fraction of sp³-hybridized carbons (Fsp3) is 0.533. The van der Waals surface area contributed by atoms with Crippen molar-refractivity contribution in [2.24, 2.45) is 0 Å². The summed E-state index contributed by atoms with van der Waals surface area (Å²) in [5.41, 5.74) is 2.55. The third-order valence-electron chi connectivity index (χ3n) is 3.34. The van der Waals surface area contributed by atoms with Gasteiger partial charge in [-0.3, -0.25) is 0 Å². The Morgan fingerprint density at radius 3 is 2.60 bits per heavy atom. The van der Waals surface area contributed by atoms with Gasteiger partial charge in [0.05, 0.1) is 12.6 Å². The predicted molar refractivity (Wildman–Crippen MR) is 79.4 cm³/mol. The van der Waals surface area contributed by atoms with E-state index in [1.807, 2.05) is 10.7 Å². The molecular weight excluding hydrogens is 250 g/mol. The molecule has 5 nitrogen and oxygen atoms in total. The van der Waals surface area contributed by atoms with Crippen LogP contribution < -0.4 is 5.32 Å². The van der Waals surface area contributed by atoms with Crippen LogP contribution >= 0.6 is 0 Å². The topological polar surface area (TPSA) is 55.6 Å². The first kappa shape index (κ1) is 14.7. The molecule has 0 bridgehead atoms. The van der Waals surface area contributed by atoms with Crippen LogP contribution in [0.2, 0.25) is 0 Å². The zero-order chi connectivity index (χ0) is 14.8. The normalized spacial score (nSPS) is 13.4. The van der Waals surface area contributed by atoms with Gasteiger partial charge in [0.2, 0.25) is 0 Å². The van der Waals surface area contributed by atoms with Gasteiger partial charge in [0, 0.05) is 5.54 Å². The second-order valence-corrected chi connectivity index (χ2v) is 6.18. The van der Waals surface area contributed by atoms with E-state index in [1.165, 1.54) is 11.1 Å². The Morgan fingerprint density at radius 1 is 1.25 bits per heavy atom. The largest absolute Gasteiger partial charge is 0.305 e. The Labute approximate surface area is 120 Å². The number of rotatable bonds is 4. The third kappa shape index (κ3) is 3.42. The van der Waals surface area contributed by atoms with Crippen LogP contribution in [0.4, 0.5) is 0 Å². The molecule has 1 heterocycles. The summed E-state index contributed by atoms with van der Waals surface area (Å²) in [5, 5.41) is 15.5. The van der Waals surface area contributed by atoms with Crippen molar-refractivity contribution in [3.05, 3.63) is 41.2 Å². The van der Waals surface area contributed by atoms with Crippen molar-refractivity contribution in [3.63, 3.8) is 0 Å². The van der Waals surface area contributed by atoms with Crippen LogP contribution in [0.5, 0.6) is 0 Å². The number of tetrazole rings is 1. The Kier molecular flexibility index (Phi) is 4.18. The summed E-state index contributed by atoms with van der Waals surface area (Å²) in [6.07, 6.45) is 0. The van der Waals surface area contributed by atoms with Gasteiger partial charge in [-0.05, 0) is 56.2 Å². The summed E-state index contributed by atoms with van der Waals surface area (Å²) in [7, 11) is 0. The smallest absolute Gasteiger partial charge is 0.165 e. The van der Waals surface area contributed by atoms with Crippen molar-refractivity contribution in [2.75, 3.05) is 0 Å². The Balaban J connectivity index is 2.21. The van der Waals surface area contributed by atoms with Crippen molar-refractivity contribution in [1.82, 2.24) is 25.5 Å². The third-order valence-corrected chi connectivity index (χ3v) is 3.34. The van der Waals surface area contributed by atoms with Crippen LogP contribution in [-0.4, -0.2) is 25.7 Å². The minimum atomic E-state index is 0.0443. The first-order valence-corrected chi connectivity index (χ1v) is 6.96. The number of nitrogens with zero attached hydrogens (tertiary/aromatic N) is 4. The lowest BCUT2D eigenvalue weighted by atomic mass is 10.0. The van der Waals surface area contributed by atoms with E-state index in [4.69, 9.17) is 0 Å². The van der Waals surface area contributed by atoms with Gasteiger partial charge in [-0.25, -0.2) is 4.68 Å². The first-order chi connectivity index (χ1) is 9.38. The maximum absolute atomic E-state index is 4.15. The van der Waals surface area contributed by atoms with E-state index < -0.39 is 0 Å². The van der Waals surface area contributed by atoms with Gasteiger partial charge < -0.3 is 5.32 Å². The highest BCUT2D eigenvalue weighted by molar-refractivity contribution is 5.28. The molecule has 0 spiro atoms. The van der Waals surface area contributed by atoms with Gasteiger partial charge in [0.15, 0.2) is 5.82 Å². The Bertz CT molecular complexity index is 568. The molecule has 5 heteroatoms. The molecule has 0 aliphatic rings. The van der Waals surface area contributed by atoms with Crippen LogP contribution in [0, 0.1) is 6.92 Å². The highest BCUT2D eigenvalue weighted by atomic mass is 15.6. The molecule has 0 aliphatic heterocycles. The van der Waals surface area contributed by atoms with Gasteiger partial charge in [0.1, 0.15) is 0 Å². The predicted octanol–water partition coefficient (Wildman–Crippen LogP) is 2.48. The van der Waals surface area contributed by atoms with Gasteiger partial charge in [-0.2, -0.15) is 0 Å². The average Bonchev–Trinajstić information content (AvgIpc) is 2.83. The summed E-state index contributed by atoms with van der Waals surface area (Å²) < 4.78 is 1.89. The van der Waals surface area contributed by atoms with E-state index in [0.717, 1.165) is 5.82 Å². The lowest BCUT2D eigenvalue weighted by Crippen LogP contribution is -2.36. The van der Waals surface area contributed by atoms with Crippen molar-refractivity contribution < 1.29 is 0 Å². The Hall–Kier alpha value is -1.75. The molecule has 1 atom stereocenters. The van der Waals surface area contributed by atoms with E-state index in [1.54, 1.807) is 0 Å². The van der Waals surface area contributed by atoms with Gasteiger partial charge >= 0.3 is 0 Å². The van der Waals surface area contributed by atoms with Crippen LogP contribution in [0.15, 0.2) is 24.3 Å². The average molecular weight is 273 g/mol. The SMILES string of the molecule is Cc1ccccc1C(C)n1nnnc1CNC(C)(C)C. The molecule has 20 heavy (non-hydrogen) atoms. The number of aromatic nitrogens is 4. The van der Waals surface area contributed by atoms with Gasteiger partial charge in [0.25, 0.3) is 0 Å². The molecule has 0 saturated carbocycles. The molecular formula is C15H23N5. The number of nitrogens with one attached hydrogen (secondary N) is 1. The van der Waals surface area contributed by atoms with Crippen molar-refractivity contribution in [3.8, 4) is 0 Å². The summed E-state index contributed by atoms with van der Waals surface area (Å²) in [4.78, 5) is 0. The van der Waals surface area contributed by atoms with Crippen LogP contribution in [0.1, 0.15) is 50.7 Å². The molecule has 1 unspecified atom stereocenters. The van der Waals surface area contributed by atoms with Crippen LogP contribution in [0.3, 0.4) is 0 Å². The maximum Gasteiger partial charge on any atom is 0.165 e. The summed E-state index contributed by atoms with van der Waals surface area (Å²) in [6.45, 7) is 11.3. The number of aryl methyl sites for hydroxylation is 1. The summed E-state index contributed by atoms with van der Waals surface area (Å²) in [6, 6.07) is 8.47. The standard InChI is InChI=1S/C15H23N5/c1-11-8-6-7-9-13(11)12(2)20-14(17-18-19-20)10-16-15(3,4)5/h6-9,12,16H,10H2,1-5H3. The fourth-order valence-electron chi connectivity index (χ4n) is 2.16. The highest BCUT2D eigenvalue weighted by Gasteiger charge is 2.17. The zero-order valence-electron chi connectivity index (χ0n) is 12.9.